The molecule has 0 fully saturated rings. The van der Waals surface area contributed by atoms with Crippen LogP contribution in [0.25, 0.3) is 6.08 Å². The van der Waals surface area contributed by atoms with Crippen LogP contribution in [-0.4, -0.2) is 31.1 Å². The van der Waals surface area contributed by atoms with E-state index in [4.69, 9.17) is 9.47 Å². The second-order valence-corrected chi connectivity index (χ2v) is 5.66. The highest BCUT2D eigenvalue weighted by Crippen LogP contribution is 2.13. The topological polar surface area (TPSA) is 93.7 Å². The number of hydrogen-bond acceptors (Lipinski definition) is 5. The van der Waals surface area contributed by atoms with Crippen LogP contribution in [0.4, 0.5) is 4.79 Å². The van der Waals surface area contributed by atoms with Crippen molar-refractivity contribution in [1.29, 1.82) is 0 Å². The molecule has 7 nitrogen and oxygen atoms in total. The summed E-state index contributed by atoms with van der Waals surface area (Å²) in [6.07, 6.45) is 2.76. The Kier molecular flexibility index (Phi) is 8.26. The van der Waals surface area contributed by atoms with Gasteiger partial charge in [-0.15, -0.1) is 0 Å². The summed E-state index contributed by atoms with van der Waals surface area (Å²) in [5, 5.41) is 4.64. The van der Waals surface area contributed by atoms with Crippen LogP contribution in [0.2, 0.25) is 0 Å². The van der Waals surface area contributed by atoms with E-state index >= 15 is 0 Å². The van der Waals surface area contributed by atoms with Gasteiger partial charge in [0.1, 0.15) is 5.75 Å². The van der Waals surface area contributed by atoms with Crippen molar-refractivity contribution in [3.8, 4) is 5.75 Å². The fourth-order valence-electron chi connectivity index (χ4n) is 2.18. The lowest BCUT2D eigenvalue weighted by Crippen LogP contribution is -2.41. The lowest BCUT2D eigenvalue weighted by molar-refractivity contribution is -0.143. The van der Waals surface area contributed by atoms with E-state index in [0.717, 1.165) is 16.9 Å². The Bertz CT molecular complexity index is 816. The highest BCUT2D eigenvalue weighted by Gasteiger charge is 2.09. The van der Waals surface area contributed by atoms with Crippen molar-refractivity contribution in [3.63, 3.8) is 0 Å². The largest absolute Gasteiger partial charge is 0.494 e. The molecule has 2 aromatic carbocycles. The average Bonchev–Trinajstić information content (AvgIpc) is 2.71. The molecule has 0 aliphatic heterocycles. The minimum Gasteiger partial charge on any atom is -0.494 e. The number of carbonyl (C=O) groups is 3. The lowest BCUT2D eigenvalue weighted by Gasteiger charge is -2.07. The van der Waals surface area contributed by atoms with E-state index in [0.29, 0.717) is 6.61 Å². The average molecular weight is 382 g/mol. The number of esters is 1. The number of urea groups is 1. The van der Waals surface area contributed by atoms with Gasteiger partial charge in [-0.1, -0.05) is 42.5 Å². The number of nitrogens with one attached hydrogen (secondary N) is 2. The maximum absolute atomic E-state index is 11.7. The molecule has 0 saturated carbocycles. The molecule has 0 bridgehead atoms. The van der Waals surface area contributed by atoms with Gasteiger partial charge < -0.3 is 14.8 Å². The van der Waals surface area contributed by atoms with Gasteiger partial charge in [0.15, 0.2) is 6.61 Å². The van der Waals surface area contributed by atoms with E-state index in [1.807, 2.05) is 37.3 Å². The highest BCUT2D eigenvalue weighted by atomic mass is 16.5. The molecule has 2 aromatic rings. The van der Waals surface area contributed by atoms with Gasteiger partial charge in [-0.25, -0.2) is 9.59 Å². The summed E-state index contributed by atoms with van der Waals surface area (Å²) in [5.41, 5.74) is 1.68. The zero-order chi connectivity index (χ0) is 20.2. The van der Waals surface area contributed by atoms with Crippen LogP contribution < -0.4 is 15.4 Å². The predicted molar refractivity (Wildman–Crippen MR) is 104 cm³/mol. The zero-order valence-corrected chi connectivity index (χ0v) is 15.5. The van der Waals surface area contributed by atoms with E-state index in [1.54, 1.807) is 30.3 Å². The van der Waals surface area contributed by atoms with Crippen LogP contribution in [0.15, 0.2) is 60.7 Å². The van der Waals surface area contributed by atoms with Crippen LogP contribution in [0.1, 0.15) is 18.1 Å². The van der Waals surface area contributed by atoms with Gasteiger partial charge in [0.25, 0.3) is 5.91 Å². The SMILES string of the molecule is CCOc1ccc(/C=C/C(=O)OCC(=O)NC(=O)NCc2ccccc2)cc1. The summed E-state index contributed by atoms with van der Waals surface area (Å²) in [6.45, 7) is 2.20. The Morgan fingerprint density at radius 3 is 2.39 bits per heavy atom. The summed E-state index contributed by atoms with van der Waals surface area (Å²) < 4.78 is 10.1. The number of hydrogen-bond donors (Lipinski definition) is 2. The maximum atomic E-state index is 11.7. The first-order chi connectivity index (χ1) is 13.6. The van der Waals surface area contributed by atoms with Crippen LogP contribution in [0.5, 0.6) is 5.75 Å². The number of ether oxygens (including phenoxy) is 2. The normalized spacial score (nSPS) is 10.3. The number of imide groups is 1. The summed E-state index contributed by atoms with van der Waals surface area (Å²) in [5.74, 6) is -0.661. The van der Waals surface area contributed by atoms with Gasteiger partial charge in [-0.05, 0) is 36.3 Å². The molecular formula is C21H22N2O5. The Morgan fingerprint density at radius 2 is 1.71 bits per heavy atom. The summed E-state index contributed by atoms with van der Waals surface area (Å²) in [7, 11) is 0. The molecule has 28 heavy (non-hydrogen) atoms. The molecule has 0 aromatic heterocycles. The second kappa shape index (κ2) is 11.2. The van der Waals surface area contributed by atoms with Crippen molar-refractivity contribution in [2.45, 2.75) is 13.5 Å². The molecule has 0 heterocycles. The molecule has 0 aliphatic carbocycles. The van der Waals surface area contributed by atoms with Crippen molar-refractivity contribution in [2.75, 3.05) is 13.2 Å². The van der Waals surface area contributed by atoms with Crippen LogP contribution >= 0.6 is 0 Å². The van der Waals surface area contributed by atoms with Crippen LogP contribution in [0.3, 0.4) is 0 Å². The summed E-state index contributed by atoms with van der Waals surface area (Å²) in [4.78, 5) is 35.0. The van der Waals surface area contributed by atoms with Crippen molar-refractivity contribution in [2.24, 2.45) is 0 Å². The number of carbonyl (C=O) groups excluding carboxylic acids is 3. The minimum atomic E-state index is -0.714. The second-order valence-electron chi connectivity index (χ2n) is 5.66. The van der Waals surface area contributed by atoms with Crippen molar-refractivity contribution < 1.29 is 23.9 Å². The molecule has 0 saturated heterocycles. The molecule has 3 amide bonds. The molecule has 2 rings (SSSR count). The molecule has 7 heteroatoms. The van der Waals surface area contributed by atoms with Crippen molar-refractivity contribution in [1.82, 2.24) is 10.6 Å². The third-order valence-electron chi connectivity index (χ3n) is 3.50. The van der Waals surface area contributed by atoms with E-state index in [-0.39, 0.29) is 6.54 Å². The Labute approximate surface area is 163 Å². The fraction of sp³-hybridized carbons (Fsp3) is 0.190. The highest BCUT2D eigenvalue weighted by molar-refractivity contribution is 5.96. The first-order valence-corrected chi connectivity index (χ1v) is 8.76. The molecule has 0 atom stereocenters. The van der Waals surface area contributed by atoms with Crippen molar-refractivity contribution in [3.05, 3.63) is 71.8 Å². The zero-order valence-electron chi connectivity index (χ0n) is 15.5. The van der Waals surface area contributed by atoms with Gasteiger partial charge in [0.05, 0.1) is 6.61 Å². The fourth-order valence-corrected chi connectivity index (χ4v) is 2.18. The molecule has 0 aliphatic rings. The molecule has 146 valence electrons. The van der Waals surface area contributed by atoms with Gasteiger partial charge >= 0.3 is 12.0 Å². The van der Waals surface area contributed by atoms with Gasteiger partial charge in [-0.3, -0.25) is 10.1 Å². The lowest BCUT2D eigenvalue weighted by atomic mass is 10.2. The smallest absolute Gasteiger partial charge is 0.331 e. The van der Waals surface area contributed by atoms with E-state index in [1.165, 1.54) is 6.08 Å². The number of amides is 3. The standard InChI is InChI=1S/C21H22N2O5/c1-2-27-18-11-8-16(9-12-18)10-13-20(25)28-15-19(24)23-21(26)22-14-17-6-4-3-5-7-17/h3-13H,2,14-15H2,1H3,(H2,22,23,24,26)/b13-10+. The Hall–Kier alpha value is -3.61. The molecular weight excluding hydrogens is 360 g/mol. The first kappa shape index (κ1) is 20.7. The Balaban J connectivity index is 1.68. The summed E-state index contributed by atoms with van der Waals surface area (Å²) in [6, 6.07) is 15.8. The van der Waals surface area contributed by atoms with E-state index in [9.17, 15) is 14.4 Å². The minimum absolute atomic E-state index is 0.282. The van der Waals surface area contributed by atoms with Gasteiger partial charge in [-0.2, -0.15) is 0 Å². The maximum Gasteiger partial charge on any atom is 0.331 e. The van der Waals surface area contributed by atoms with Crippen LogP contribution in [-0.2, 0) is 20.9 Å². The van der Waals surface area contributed by atoms with Crippen LogP contribution in [0, 0.1) is 0 Å². The monoisotopic (exact) mass is 382 g/mol. The number of benzene rings is 2. The third kappa shape index (κ3) is 7.74. The molecule has 0 spiro atoms. The first-order valence-electron chi connectivity index (χ1n) is 8.76. The molecule has 2 N–H and O–H groups in total. The third-order valence-corrected chi connectivity index (χ3v) is 3.50. The van der Waals surface area contributed by atoms with E-state index in [2.05, 4.69) is 10.6 Å². The predicted octanol–water partition coefficient (Wildman–Crippen LogP) is 2.67. The number of rotatable bonds is 8. The summed E-state index contributed by atoms with van der Waals surface area (Å²) >= 11 is 0. The van der Waals surface area contributed by atoms with Crippen molar-refractivity contribution >= 4 is 24.0 Å². The van der Waals surface area contributed by atoms with Gasteiger partial charge in [0.2, 0.25) is 0 Å². The van der Waals surface area contributed by atoms with E-state index < -0.39 is 24.5 Å². The Morgan fingerprint density at radius 1 is 1.00 bits per heavy atom. The van der Waals surface area contributed by atoms with Gasteiger partial charge in [0, 0.05) is 12.6 Å². The molecule has 0 unspecified atom stereocenters. The quantitative estimate of drug-likeness (QED) is 0.541. The molecule has 0 radical (unpaired) electrons.